The molecule has 1 atom stereocenters. The molecule has 2 N–H and O–H groups in total. The van der Waals surface area contributed by atoms with E-state index in [-0.39, 0.29) is 24.1 Å². The molecule has 2 rings (SSSR count). The van der Waals surface area contributed by atoms with Gasteiger partial charge in [0.2, 0.25) is 5.91 Å². The molecule has 98 valence electrons. The van der Waals surface area contributed by atoms with Crippen molar-refractivity contribution in [2.24, 2.45) is 0 Å². The summed E-state index contributed by atoms with van der Waals surface area (Å²) < 4.78 is 0. The van der Waals surface area contributed by atoms with Gasteiger partial charge in [-0.05, 0) is 26.7 Å². The Labute approximate surface area is 103 Å². The second kappa shape index (κ2) is 4.94. The van der Waals surface area contributed by atoms with Crippen LogP contribution in [0.25, 0.3) is 0 Å². The summed E-state index contributed by atoms with van der Waals surface area (Å²) in [6.45, 7) is 4.91. The zero-order valence-electron chi connectivity index (χ0n) is 10.9. The van der Waals surface area contributed by atoms with Crippen LogP contribution in [0.2, 0.25) is 0 Å². The van der Waals surface area contributed by atoms with E-state index in [0.29, 0.717) is 12.6 Å². The molecular weight excluding hydrogens is 216 g/mol. The van der Waals surface area contributed by atoms with E-state index in [0.717, 1.165) is 12.8 Å². The molecule has 1 saturated heterocycles. The maximum atomic E-state index is 11.9. The minimum Gasteiger partial charge on any atom is -0.394 e. The number of piperazine rings is 1. The van der Waals surface area contributed by atoms with Gasteiger partial charge in [0.05, 0.1) is 6.61 Å². The smallest absolute Gasteiger partial charge is 0.239 e. The van der Waals surface area contributed by atoms with Gasteiger partial charge in [0.25, 0.3) is 0 Å². The lowest BCUT2D eigenvalue weighted by molar-refractivity contribution is -0.140. The average molecular weight is 240 g/mol. The average Bonchev–Trinajstić information content (AvgIpc) is 2.33. The molecule has 0 aromatic heterocycles. The first kappa shape index (κ1) is 12.8. The summed E-state index contributed by atoms with van der Waals surface area (Å²) in [5.74, 6) is -0.0163. The highest BCUT2D eigenvalue weighted by Gasteiger charge is 2.44. The lowest BCUT2D eigenvalue weighted by Gasteiger charge is -2.51. The lowest BCUT2D eigenvalue weighted by Crippen LogP contribution is -2.69. The Kier molecular flexibility index (Phi) is 3.73. The van der Waals surface area contributed by atoms with E-state index in [9.17, 15) is 9.90 Å². The molecule has 1 aliphatic heterocycles. The monoisotopic (exact) mass is 240 g/mol. The predicted octanol–water partition coefficient (Wildman–Crippen LogP) is 0.890. The van der Waals surface area contributed by atoms with Crippen LogP contribution in [0.4, 0.5) is 0 Å². The molecule has 4 nitrogen and oxygen atoms in total. The lowest BCUT2D eigenvalue weighted by atomic mass is 9.86. The number of aliphatic hydroxyl groups excluding tert-OH is 1. The third-order valence-corrected chi connectivity index (χ3v) is 4.17. The van der Waals surface area contributed by atoms with Crippen molar-refractivity contribution in [2.75, 3.05) is 13.2 Å². The van der Waals surface area contributed by atoms with Gasteiger partial charge in [0.1, 0.15) is 6.04 Å². The number of hydrogen-bond donors (Lipinski definition) is 2. The van der Waals surface area contributed by atoms with Crippen molar-refractivity contribution in [3.8, 4) is 0 Å². The SMILES string of the molecule is CC1(C)CNC(=O)C(CO)N1C1CCCCC1. The zero-order valence-corrected chi connectivity index (χ0v) is 10.9. The van der Waals surface area contributed by atoms with Gasteiger partial charge >= 0.3 is 0 Å². The fraction of sp³-hybridized carbons (Fsp3) is 0.923. The molecule has 17 heavy (non-hydrogen) atoms. The van der Waals surface area contributed by atoms with E-state index in [2.05, 4.69) is 24.1 Å². The van der Waals surface area contributed by atoms with Gasteiger partial charge in [0, 0.05) is 18.1 Å². The molecule has 2 fully saturated rings. The minimum absolute atomic E-state index is 0.0163. The van der Waals surface area contributed by atoms with Crippen LogP contribution in [0, 0.1) is 0 Å². The van der Waals surface area contributed by atoms with Crippen LogP contribution >= 0.6 is 0 Å². The summed E-state index contributed by atoms with van der Waals surface area (Å²) in [6, 6.07) is 0.101. The Hall–Kier alpha value is -0.610. The van der Waals surface area contributed by atoms with Crippen LogP contribution in [0.15, 0.2) is 0 Å². The van der Waals surface area contributed by atoms with Gasteiger partial charge in [-0.3, -0.25) is 9.69 Å². The number of nitrogens with one attached hydrogen (secondary N) is 1. The first-order chi connectivity index (χ1) is 8.06. The molecule has 1 saturated carbocycles. The third kappa shape index (κ3) is 2.47. The molecule has 0 radical (unpaired) electrons. The number of carbonyl (C=O) groups excluding carboxylic acids is 1. The molecular formula is C13H24N2O2. The van der Waals surface area contributed by atoms with Crippen molar-refractivity contribution in [3.05, 3.63) is 0 Å². The Balaban J connectivity index is 2.19. The first-order valence-corrected chi connectivity index (χ1v) is 6.73. The van der Waals surface area contributed by atoms with Crippen LogP contribution in [-0.4, -0.2) is 46.7 Å². The summed E-state index contributed by atoms with van der Waals surface area (Å²) in [6.07, 6.45) is 6.12. The molecule has 1 amide bonds. The van der Waals surface area contributed by atoms with E-state index in [1.165, 1.54) is 19.3 Å². The second-order valence-electron chi connectivity index (χ2n) is 5.93. The van der Waals surface area contributed by atoms with Crippen molar-refractivity contribution in [2.45, 2.75) is 63.6 Å². The summed E-state index contributed by atoms with van der Waals surface area (Å²) in [4.78, 5) is 14.1. The standard InChI is InChI=1S/C13H24N2O2/c1-13(2)9-14-12(17)11(8-16)15(13)10-6-4-3-5-7-10/h10-11,16H,3-9H2,1-2H3,(H,14,17). The van der Waals surface area contributed by atoms with Crippen LogP contribution in [0.3, 0.4) is 0 Å². The number of nitrogens with zero attached hydrogens (tertiary/aromatic N) is 1. The normalized spacial score (nSPS) is 31.2. The van der Waals surface area contributed by atoms with Crippen molar-refractivity contribution < 1.29 is 9.90 Å². The molecule has 2 aliphatic rings. The minimum atomic E-state index is -0.359. The highest BCUT2D eigenvalue weighted by molar-refractivity contribution is 5.83. The van der Waals surface area contributed by atoms with Crippen LogP contribution < -0.4 is 5.32 Å². The van der Waals surface area contributed by atoms with Crippen molar-refractivity contribution in [1.29, 1.82) is 0 Å². The van der Waals surface area contributed by atoms with Crippen molar-refractivity contribution >= 4 is 5.91 Å². The molecule has 1 heterocycles. The molecule has 1 aliphatic carbocycles. The Morgan fingerprint density at radius 1 is 1.35 bits per heavy atom. The van der Waals surface area contributed by atoms with E-state index >= 15 is 0 Å². The molecule has 0 aromatic rings. The van der Waals surface area contributed by atoms with Gasteiger partial charge in [-0.25, -0.2) is 0 Å². The second-order valence-corrected chi connectivity index (χ2v) is 5.93. The predicted molar refractivity (Wildman–Crippen MR) is 66.7 cm³/mol. The van der Waals surface area contributed by atoms with E-state index in [1.807, 2.05) is 0 Å². The number of amides is 1. The summed E-state index contributed by atoms with van der Waals surface area (Å²) in [7, 11) is 0. The maximum Gasteiger partial charge on any atom is 0.239 e. The number of rotatable bonds is 2. The molecule has 1 unspecified atom stereocenters. The molecule has 4 heteroatoms. The van der Waals surface area contributed by atoms with Crippen molar-refractivity contribution in [1.82, 2.24) is 10.2 Å². The highest BCUT2D eigenvalue weighted by Crippen LogP contribution is 2.31. The third-order valence-electron chi connectivity index (χ3n) is 4.17. The fourth-order valence-corrected chi connectivity index (χ4v) is 3.34. The van der Waals surface area contributed by atoms with E-state index < -0.39 is 0 Å². The topological polar surface area (TPSA) is 52.6 Å². The number of carbonyl (C=O) groups is 1. The quantitative estimate of drug-likeness (QED) is 0.753. The zero-order chi connectivity index (χ0) is 12.5. The van der Waals surface area contributed by atoms with Crippen LogP contribution in [0.1, 0.15) is 46.0 Å². The molecule has 0 spiro atoms. The van der Waals surface area contributed by atoms with E-state index in [4.69, 9.17) is 0 Å². The highest BCUT2D eigenvalue weighted by atomic mass is 16.3. The maximum absolute atomic E-state index is 11.9. The largest absolute Gasteiger partial charge is 0.394 e. The van der Waals surface area contributed by atoms with Gasteiger partial charge in [-0.1, -0.05) is 19.3 Å². The van der Waals surface area contributed by atoms with Crippen LogP contribution in [-0.2, 0) is 4.79 Å². The Morgan fingerprint density at radius 2 is 2.00 bits per heavy atom. The molecule has 0 aromatic carbocycles. The summed E-state index contributed by atoms with van der Waals surface area (Å²) in [5, 5.41) is 12.4. The van der Waals surface area contributed by atoms with Crippen LogP contribution in [0.5, 0.6) is 0 Å². The summed E-state index contributed by atoms with van der Waals surface area (Å²) >= 11 is 0. The van der Waals surface area contributed by atoms with Gasteiger partial charge in [0.15, 0.2) is 0 Å². The fourth-order valence-electron chi connectivity index (χ4n) is 3.34. The summed E-state index contributed by atoms with van der Waals surface area (Å²) in [5.41, 5.74) is -0.0523. The van der Waals surface area contributed by atoms with Gasteiger partial charge < -0.3 is 10.4 Å². The number of aliphatic hydroxyl groups is 1. The Bertz CT molecular complexity index is 285. The number of hydrogen-bond acceptors (Lipinski definition) is 3. The first-order valence-electron chi connectivity index (χ1n) is 6.73. The van der Waals surface area contributed by atoms with Gasteiger partial charge in [-0.15, -0.1) is 0 Å². The Morgan fingerprint density at radius 3 is 2.59 bits per heavy atom. The van der Waals surface area contributed by atoms with Gasteiger partial charge in [-0.2, -0.15) is 0 Å². The van der Waals surface area contributed by atoms with Crippen molar-refractivity contribution in [3.63, 3.8) is 0 Å². The van der Waals surface area contributed by atoms with E-state index in [1.54, 1.807) is 0 Å². The molecule has 0 bridgehead atoms.